The van der Waals surface area contributed by atoms with Crippen LogP contribution in [0.4, 0.5) is 0 Å². The number of aromatic amines is 1. The first-order valence-electron chi connectivity index (χ1n) is 5.42. The molecule has 0 aliphatic carbocycles. The van der Waals surface area contributed by atoms with Crippen LogP contribution in [0.3, 0.4) is 0 Å². The number of carbonyl (C=O) groups excluding carboxylic acids is 2. The molecular formula is C13H15NO3. The van der Waals surface area contributed by atoms with Crippen molar-refractivity contribution in [2.24, 2.45) is 0 Å². The van der Waals surface area contributed by atoms with Crippen molar-refractivity contribution in [1.82, 2.24) is 4.98 Å². The molecule has 0 saturated carbocycles. The summed E-state index contributed by atoms with van der Waals surface area (Å²) in [5.41, 5.74) is 1.30. The van der Waals surface area contributed by atoms with Crippen LogP contribution < -0.4 is 0 Å². The molecule has 0 bridgehead atoms. The second-order valence-corrected chi connectivity index (χ2v) is 3.07. The fourth-order valence-corrected chi connectivity index (χ4v) is 1.55. The standard InChI is InChI=1S/C11H9NO3.C2H6/c1-15-11(14)10-8(6-13)7-4-2-3-5-9(7)12-10;1-2/h2-6,12H,1H3;1-2H3. The maximum Gasteiger partial charge on any atom is 0.355 e. The molecule has 0 saturated heterocycles. The summed E-state index contributed by atoms with van der Waals surface area (Å²) >= 11 is 0. The van der Waals surface area contributed by atoms with Crippen molar-refractivity contribution in [1.29, 1.82) is 0 Å². The summed E-state index contributed by atoms with van der Waals surface area (Å²) in [6.45, 7) is 4.00. The zero-order chi connectivity index (χ0) is 12.8. The fourth-order valence-electron chi connectivity index (χ4n) is 1.55. The molecule has 1 N–H and O–H groups in total. The van der Waals surface area contributed by atoms with E-state index < -0.39 is 5.97 Å². The van der Waals surface area contributed by atoms with Gasteiger partial charge in [-0.15, -0.1) is 0 Å². The van der Waals surface area contributed by atoms with Crippen LogP contribution in [0.1, 0.15) is 34.7 Å². The van der Waals surface area contributed by atoms with Gasteiger partial charge in [-0.3, -0.25) is 4.79 Å². The van der Waals surface area contributed by atoms with Crippen molar-refractivity contribution < 1.29 is 14.3 Å². The highest BCUT2D eigenvalue weighted by molar-refractivity contribution is 6.07. The minimum Gasteiger partial charge on any atom is -0.464 e. The van der Waals surface area contributed by atoms with Crippen LogP contribution in [0.2, 0.25) is 0 Å². The molecule has 0 spiro atoms. The minimum atomic E-state index is -0.534. The van der Waals surface area contributed by atoms with E-state index in [4.69, 9.17) is 0 Å². The predicted molar refractivity (Wildman–Crippen MR) is 66.4 cm³/mol. The number of methoxy groups -OCH3 is 1. The van der Waals surface area contributed by atoms with Gasteiger partial charge in [0.25, 0.3) is 0 Å². The molecule has 4 heteroatoms. The molecule has 0 radical (unpaired) electrons. The van der Waals surface area contributed by atoms with E-state index in [1.54, 1.807) is 12.1 Å². The van der Waals surface area contributed by atoms with Gasteiger partial charge in [0.15, 0.2) is 6.29 Å². The lowest BCUT2D eigenvalue weighted by Crippen LogP contribution is -2.04. The monoisotopic (exact) mass is 233 g/mol. The third-order valence-electron chi connectivity index (χ3n) is 2.25. The van der Waals surface area contributed by atoms with Crippen LogP contribution in [0, 0.1) is 0 Å². The second kappa shape index (κ2) is 5.84. The number of nitrogens with one attached hydrogen (secondary N) is 1. The van der Waals surface area contributed by atoms with Gasteiger partial charge < -0.3 is 9.72 Å². The number of fused-ring (bicyclic) bond motifs is 1. The molecule has 4 nitrogen and oxygen atoms in total. The van der Waals surface area contributed by atoms with Gasteiger partial charge >= 0.3 is 5.97 Å². The molecule has 1 aromatic heterocycles. The molecule has 17 heavy (non-hydrogen) atoms. The molecule has 0 fully saturated rings. The summed E-state index contributed by atoms with van der Waals surface area (Å²) < 4.78 is 4.58. The Morgan fingerprint density at radius 3 is 2.53 bits per heavy atom. The molecule has 0 amide bonds. The van der Waals surface area contributed by atoms with E-state index in [0.29, 0.717) is 11.8 Å². The smallest absolute Gasteiger partial charge is 0.355 e. The average molecular weight is 233 g/mol. The molecule has 0 atom stereocenters. The number of rotatable bonds is 2. The topological polar surface area (TPSA) is 59.2 Å². The number of para-hydroxylation sites is 1. The van der Waals surface area contributed by atoms with Crippen molar-refractivity contribution in [3.05, 3.63) is 35.5 Å². The SMILES string of the molecule is CC.COC(=O)c1[nH]c2ccccc2c1C=O. The Morgan fingerprint density at radius 2 is 1.94 bits per heavy atom. The summed E-state index contributed by atoms with van der Waals surface area (Å²) in [7, 11) is 1.28. The van der Waals surface area contributed by atoms with Crippen LogP contribution in [0.15, 0.2) is 24.3 Å². The van der Waals surface area contributed by atoms with Crippen LogP contribution in [-0.2, 0) is 4.74 Å². The van der Waals surface area contributed by atoms with Crippen molar-refractivity contribution in [3.8, 4) is 0 Å². The molecular weight excluding hydrogens is 218 g/mol. The number of esters is 1. The van der Waals surface area contributed by atoms with Gasteiger partial charge in [0.1, 0.15) is 5.69 Å². The zero-order valence-electron chi connectivity index (χ0n) is 10.1. The van der Waals surface area contributed by atoms with Gasteiger partial charge in [-0.1, -0.05) is 32.0 Å². The number of aldehydes is 1. The summed E-state index contributed by atoms with van der Waals surface area (Å²) in [4.78, 5) is 25.1. The Morgan fingerprint density at radius 1 is 1.29 bits per heavy atom. The number of carbonyl (C=O) groups is 2. The van der Waals surface area contributed by atoms with E-state index in [1.165, 1.54) is 7.11 Å². The van der Waals surface area contributed by atoms with Gasteiger partial charge in [0.2, 0.25) is 0 Å². The van der Waals surface area contributed by atoms with Gasteiger partial charge in [-0.25, -0.2) is 4.79 Å². The van der Waals surface area contributed by atoms with Gasteiger partial charge in [-0.05, 0) is 6.07 Å². The number of hydrogen-bond donors (Lipinski definition) is 1. The third kappa shape index (κ3) is 2.36. The Labute approximate surface area is 99.6 Å². The van der Waals surface area contributed by atoms with E-state index in [9.17, 15) is 9.59 Å². The normalized spacial score (nSPS) is 9.35. The highest BCUT2D eigenvalue weighted by Gasteiger charge is 2.16. The van der Waals surface area contributed by atoms with Crippen molar-refractivity contribution >= 4 is 23.2 Å². The van der Waals surface area contributed by atoms with E-state index in [0.717, 1.165) is 10.9 Å². The Hall–Kier alpha value is -2.10. The van der Waals surface area contributed by atoms with Crippen LogP contribution >= 0.6 is 0 Å². The van der Waals surface area contributed by atoms with Crippen LogP contribution in [0.5, 0.6) is 0 Å². The lowest BCUT2D eigenvalue weighted by molar-refractivity contribution is 0.0593. The third-order valence-corrected chi connectivity index (χ3v) is 2.25. The van der Waals surface area contributed by atoms with Crippen LogP contribution in [-0.4, -0.2) is 24.3 Å². The van der Waals surface area contributed by atoms with Crippen molar-refractivity contribution in [2.45, 2.75) is 13.8 Å². The van der Waals surface area contributed by atoms with Gasteiger partial charge in [0.05, 0.1) is 12.7 Å². The van der Waals surface area contributed by atoms with Gasteiger partial charge in [0, 0.05) is 10.9 Å². The van der Waals surface area contributed by atoms with E-state index in [2.05, 4.69) is 9.72 Å². The first-order chi connectivity index (χ1) is 8.27. The van der Waals surface area contributed by atoms with Crippen LogP contribution in [0.25, 0.3) is 10.9 Å². The number of hydrogen-bond acceptors (Lipinski definition) is 3. The van der Waals surface area contributed by atoms with Gasteiger partial charge in [-0.2, -0.15) is 0 Å². The molecule has 2 aromatic rings. The first-order valence-corrected chi connectivity index (χ1v) is 5.42. The largest absolute Gasteiger partial charge is 0.464 e. The minimum absolute atomic E-state index is 0.203. The number of benzene rings is 1. The summed E-state index contributed by atoms with van der Waals surface area (Å²) in [6, 6.07) is 7.22. The lowest BCUT2D eigenvalue weighted by atomic mass is 10.1. The highest BCUT2D eigenvalue weighted by atomic mass is 16.5. The molecule has 0 aliphatic rings. The molecule has 1 heterocycles. The average Bonchev–Trinajstić information content (AvgIpc) is 2.78. The Bertz CT molecular complexity index is 528. The maximum absolute atomic E-state index is 11.4. The van der Waals surface area contributed by atoms with E-state index >= 15 is 0 Å². The highest BCUT2D eigenvalue weighted by Crippen LogP contribution is 2.20. The molecule has 1 aromatic carbocycles. The Balaban J connectivity index is 0.000000686. The second-order valence-electron chi connectivity index (χ2n) is 3.07. The summed E-state index contributed by atoms with van der Waals surface area (Å²) in [5, 5.41) is 0.730. The molecule has 2 rings (SSSR count). The first kappa shape index (κ1) is 13.0. The lowest BCUT2D eigenvalue weighted by Gasteiger charge is -1.95. The summed E-state index contributed by atoms with van der Waals surface area (Å²) in [5.74, 6) is -0.534. The maximum atomic E-state index is 11.4. The van der Waals surface area contributed by atoms with E-state index in [1.807, 2.05) is 26.0 Å². The Kier molecular flexibility index (Phi) is 4.46. The molecule has 0 aliphatic heterocycles. The number of H-pyrrole nitrogens is 1. The van der Waals surface area contributed by atoms with Crippen molar-refractivity contribution in [3.63, 3.8) is 0 Å². The van der Waals surface area contributed by atoms with Crippen molar-refractivity contribution in [2.75, 3.05) is 7.11 Å². The van der Waals surface area contributed by atoms with E-state index in [-0.39, 0.29) is 5.69 Å². The number of ether oxygens (including phenoxy) is 1. The predicted octanol–water partition coefficient (Wildman–Crippen LogP) is 2.79. The molecule has 90 valence electrons. The molecule has 0 unspecified atom stereocenters. The number of aromatic nitrogens is 1. The fraction of sp³-hybridized carbons (Fsp3) is 0.231. The summed E-state index contributed by atoms with van der Waals surface area (Å²) in [6.07, 6.45) is 0.658. The quantitative estimate of drug-likeness (QED) is 0.641. The zero-order valence-corrected chi connectivity index (χ0v) is 10.1.